The number of aliphatic carboxylic acids is 1. The molecule has 0 radical (unpaired) electrons. The van der Waals surface area contributed by atoms with E-state index < -0.39 is 18.1 Å². The van der Waals surface area contributed by atoms with Crippen LogP contribution >= 0.6 is 11.6 Å². The summed E-state index contributed by atoms with van der Waals surface area (Å²) >= 11 is 5.97. The summed E-state index contributed by atoms with van der Waals surface area (Å²) in [4.78, 5) is 23.4. The zero-order valence-electron chi connectivity index (χ0n) is 10.3. The van der Waals surface area contributed by atoms with Gasteiger partial charge in [-0.1, -0.05) is 29.8 Å². The summed E-state index contributed by atoms with van der Waals surface area (Å²) in [6.07, 6.45) is -1.61. The summed E-state index contributed by atoms with van der Waals surface area (Å²) in [5, 5.41) is 20.4. The van der Waals surface area contributed by atoms with Gasteiger partial charge in [0, 0.05) is 18.6 Å². The third-order valence-electron chi connectivity index (χ3n) is 2.44. The molecule has 2 amide bonds. The van der Waals surface area contributed by atoms with Gasteiger partial charge in [-0.15, -0.1) is 0 Å². The monoisotopic (exact) mass is 286 g/mol. The third kappa shape index (κ3) is 4.76. The second-order valence-electron chi connectivity index (χ2n) is 3.99. The smallest absolute Gasteiger partial charge is 0.334 e. The van der Waals surface area contributed by atoms with Gasteiger partial charge in [-0.05, 0) is 11.6 Å². The highest BCUT2D eigenvalue weighted by Gasteiger charge is 2.16. The minimum Gasteiger partial charge on any atom is -0.479 e. The Hall–Kier alpha value is -1.79. The molecule has 1 rings (SSSR count). The number of urea groups is 1. The number of nitrogens with zero attached hydrogens (tertiary/aromatic N) is 1. The van der Waals surface area contributed by atoms with E-state index in [1.165, 1.54) is 4.90 Å². The van der Waals surface area contributed by atoms with Gasteiger partial charge in [0.1, 0.15) is 0 Å². The van der Waals surface area contributed by atoms with Crippen molar-refractivity contribution < 1.29 is 19.8 Å². The fraction of sp³-hybridized carbons (Fsp3) is 0.333. The van der Waals surface area contributed by atoms with E-state index in [-0.39, 0.29) is 13.1 Å². The van der Waals surface area contributed by atoms with E-state index in [1.54, 1.807) is 31.3 Å². The molecule has 3 N–H and O–H groups in total. The molecule has 1 aromatic carbocycles. The third-order valence-corrected chi connectivity index (χ3v) is 2.81. The highest BCUT2D eigenvalue weighted by atomic mass is 35.5. The maximum Gasteiger partial charge on any atom is 0.334 e. The molecule has 0 bridgehead atoms. The second kappa shape index (κ2) is 6.96. The Bertz CT molecular complexity index is 467. The van der Waals surface area contributed by atoms with Gasteiger partial charge >= 0.3 is 12.0 Å². The largest absolute Gasteiger partial charge is 0.479 e. The molecule has 0 spiro atoms. The first-order chi connectivity index (χ1) is 8.91. The Morgan fingerprint density at radius 2 is 2.05 bits per heavy atom. The van der Waals surface area contributed by atoms with Crippen molar-refractivity contribution in [3.63, 3.8) is 0 Å². The first kappa shape index (κ1) is 15.3. The number of carboxylic acids is 1. The van der Waals surface area contributed by atoms with E-state index in [0.717, 1.165) is 5.56 Å². The normalized spacial score (nSPS) is 11.7. The first-order valence-electron chi connectivity index (χ1n) is 5.55. The molecule has 1 aromatic rings. The van der Waals surface area contributed by atoms with Gasteiger partial charge in [0.05, 0.1) is 6.54 Å². The fourth-order valence-electron chi connectivity index (χ4n) is 1.36. The number of carbonyl (C=O) groups excluding carboxylic acids is 1. The van der Waals surface area contributed by atoms with Gasteiger partial charge in [-0.25, -0.2) is 9.59 Å². The van der Waals surface area contributed by atoms with E-state index >= 15 is 0 Å². The molecule has 0 saturated heterocycles. The van der Waals surface area contributed by atoms with Crippen LogP contribution in [0.2, 0.25) is 5.02 Å². The maximum atomic E-state index is 11.7. The molecule has 0 aliphatic rings. The number of rotatable bonds is 5. The number of hydrogen-bond acceptors (Lipinski definition) is 3. The summed E-state index contributed by atoms with van der Waals surface area (Å²) in [6.45, 7) is -0.0598. The van der Waals surface area contributed by atoms with E-state index in [9.17, 15) is 9.59 Å². The molecule has 0 heterocycles. The fourth-order valence-corrected chi connectivity index (χ4v) is 1.56. The van der Waals surface area contributed by atoms with E-state index in [2.05, 4.69) is 5.32 Å². The molecule has 0 aliphatic heterocycles. The standard InChI is InChI=1S/C12H15ClN2O4/c1-15(7-8-4-2-3-5-9(8)13)12(19)14-6-10(16)11(17)18/h2-5,10,16H,6-7H2,1H3,(H,14,19)(H,17,18)/t10-/m0/s1. The lowest BCUT2D eigenvalue weighted by Gasteiger charge is -2.19. The number of hydrogen-bond donors (Lipinski definition) is 3. The summed E-state index contributed by atoms with van der Waals surface area (Å²) in [5.74, 6) is -1.38. The highest BCUT2D eigenvalue weighted by molar-refractivity contribution is 6.31. The molecule has 0 fully saturated rings. The van der Waals surface area contributed by atoms with Crippen LogP contribution in [0, 0.1) is 0 Å². The van der Waals surface area contributed by atoms with Gasteiger partial charge in [-0.3, -0.25) is 0 Å². The number of halogens is 1. The molecule has 6 nitrogen and oxygen atoms in total. The molecule has 7 heteroatoms. The Balaban J connectivity index is 2.50. The van der Waals surface area contributed by atoms with Crippen LogP contribution in [0.3, 0.4) is 0 Å². The molecule has 0 unspecified atom stereocenters. The molecule has 0 aromatic heterocycles. The number of amides is 2. The first-order valence-corrected chi connectivity index (χ1v) is 5.93. The van der Waals surface area contributed by atoms with Crippen LogP contribution in [0.5, 0.6) is 0 Å². The average molecular weight is 287 g/mol. The molecule has 19 heavy (non-hydrogen) atoms. The SMILES string of the molecule is CN(Cc1ccccc1Cl)C(=O)NC[C@H](O)C(=O)O. The molecule has 0 saturated carbocycles. The van der Waals surface area contributed by atoms with Gasteiger partial charge < -0.3 is 20.4 Å². The number of carboxylic acid groups (broad SMARTS) is 1. The van der Waals surface area contributed by atoms with Crippen LogP contribution in [0.1, 0.15) is 5.56 Å². The number of aliphatic hydroxyl groups excluding tert-OH is 1. The Morgan fingerprint density at radius 3 is 2.63 bits per heavy atom. The average Bonchev–Trinajstić information content (AvgIpc) is 2.37. The summed E-state index contributed by atoms with van der Waals surface area (Å²) in [5.41, 5.74) is 0.778. The predicted molar refractivity (Wildman–Crippen MR) is 70.0 cm³/mol. The van der Waals surface area contributed by atoms with Crippen molar-refractivity contribution in [3.8, 4) is 0 Å². The van der Waals surface area contributed by atoms with Crippen LogP contribution < -0.4 is 5.32 Å². The molecule has 104 valence electrons. The molecular weight excluding hydrogens is 272 g/mol. The van der Waals surface area contributed by atoms with Crippen molar-refractivity contribution in [2.45, 2.75) is 12.6 Å². The number of benzene rings is 1. The van der Waals surface area contributed by atoms with Crippen LogP contribution in [0.15, 0.2) is 24.3 Å². The Kier molecular flexibility index (Phi) is 5.59. The van der Waals surface area contributed by atoms with Crippen LogP contribution in [-0.4, -0.2) is 46.8 Å². The topological polar surface area (TPSA) is 89.9 Å². The highest BCUT2D eigenvalue weighted by Crippen LogP contribution is 2.16. The zero-order valence-corrected chi connectivity index (χ0v) is 11.1. The number of carbonyl (C=O) groups is 2. The Morgan fingerprint density at radius 1 is 1.42 bits per heavy atom. The maximum absolute atomic E-state index is 11.7. The van der Waals surface area contributed by atoms with Crippen LogP contribution in [0.25, 0.3) is 0 Å². The minimum absolute atomic E-state index is 0.286. The number of aliphatic hydroxyl groups is 1. The van der Waals surface area contributed by atoms with Gasteiger partial charge in [0.15, 0.2) is 6.10 Å². The van der Waals surface area contributed by atoms with Gasteiger partial charge in [0.25, 0.3) is 0 Å². The number of nitrogens with one attached hydrogen (secondary N) is 1. The minimum atomic E-state index is -1.61. The Labute approximate surface area is 115 Å². The van der Waals surface area contributed by atoms with E-state index in [0.29, 0.717) is 5.02 Å². The zero-order chi connectivity index (χ0) is 14.4. The molecular formula is C12H15ClN2O4. The quantitative estimate of drug-likeness (QED) is 0.751. The van der Waals surface area contributed by atoms with Crippen molar-refractivity contribution >= 4 is 23.6 Å². The summed E-state index contributed by atoms with van der Waals surface area (Å²) in [7, 11) is 1.55. The van der Waals surface area contributed by atoms with Crippen molar-refractivity contribution in [1.82, 2.24) is 10.2 Å². The van der Waals surface area contributed by atoms with Crippen LogP contribution in [-0.2, 0) is 11.3 Å². The second-order valence-corrected chi connectivity index (χ2v) is 4.39. The molecule has 0 aliphatic carbocycles. The lowest BCUT2D eigenvalue weighted by atomic mass is 10.2. The van der Waals surface area contributed by atoms with E-state index in [4.69, 9.17) is 21.8 Å². The lowest BCUT2D eigenvalue weighted by molar-refractivity contribution is -0.146. The lowest BCUT2D eigenvalue weighted by Crippen LogP contribution is -2.42. The van der Waals surface area contributed by atoms with Crippen molar-refractivity contribution in [2.75, 3.05) is 13.6 Å². The van der Waals surface area contributed by atoms with Crippen LogP contribution in [0.4, 0.5) is 4.79 Å². The van der Waals surface area contributed by atoms with Crippen molar-refractivity contribution in [3.05, 3.63) is 34.9 Å². The summed E-state index contributed by atoms with van der Waals surface area (Å²) in [6, 6.07) is 6.62. The van der Waals surface area contributed by atoms with Gasteiger partial charge in [0.2, 0.25) is 0 Å². The summed E-state index contributed by atoms with van der Waals surface area (Å²) < 4.78 is 0. The van der Waals surface area contributed by atoms with Gasteiger partial charge in [-0.2, -0.15) is 0 Å². The van der Waals surface area contributed by atoms with Crippen molar-refractivity contribution in [1.29, 1.82) is 0 Å². The predicted octanol–water partition coefficient (Wildman–Crippen LogP) is 0.927. The van der Waals surface area contributed by atoms with E-state index in [1.807, 2.05) is 0 Å². The van der Waals surface area contributed by atoms with Crippen molar-refractivity contribution in [2.24, 2.45) is 0 Å². The molecule has 1 atom stereocenters.